The van der Waals surface area contributed by atoms with Crippen LogP contribution >= 0.6 is 0 Å². The number of amides is 1. The van der Waals surface area contributed by atoms with Gasteiger partial charge in [-0.05, 0) is 30.1 Å². The molecular formula is C15H28N2O. The molecule has 1 spiro atoms. The van der Waals surface area contributed by atoms with Crippen molar-refractivity contribution in [2.75, 3.05) is 6.54 Å². The molecular weight excluding hydrogens is 224 g/mol. The van der Waals surface area contributed by atoms with E-state index in [9.17, 15) is 4.79 Å². The lowest BCUT2D eigenvalue weighted by Crippen LogP contribution is -2.46. The highest BCUT2D eigenvalue weighted by atomic mass is 16.2. The van der Waals surface area contributed by atoms with Crippen LogP contribution in [0.1, 0.15) is 54.4 Å². The molecule has 0 bridgehead atoms. The summed E-state index contributed by atoms with van der Waals surface area (Å²) in [6.07, 6.45) is 2.26. The van der Waals surface area contributed by atoms with Crippen molar-refractivity contribution in [1.82, 2.24) is 10.2 Å². The number of nitrogens with one attached hydrogen (secondary N) is 1. The molecule has 2 rings (SSSR count). The molecule has 0 aromatic heterocycles. The Balaban J connectivity index is 2.16. The van der Waals surface area contributed by atoms with Crippen LogP contribution in [0.15, 0.2) is 0 Å². The van der Waals surface area contributed by atoms with Crippen LogP contribution in [0.2, 0.25) is 0 Å². The van der Waals surface area contributed by atoms with Gasteiger partial charge in [0.25, 0.3) is 0 Å². The molecule has 2 fully saturated rings. The molecule has 0 aromatic rings. The van der Waals surface area contributed by atoms with Crippen molar-refractivity contribution in [1.29, 1.82) is 0 Å². The van der Waals surface area contributed by atoms with Crippen molar-refractivity contribution in [3.8, 4) is 0 Å². The first-order valence-electron chi connectivity index (χ1n) is 7.28. The molecule has 3 heteroatoms. The molecule has 1 aliphatic heterocycles. The van der Waals surface area contributed by atoms with Crippen molar-refractivity contribution < 1.29 is 4.79 Å². The van der Waals surface area contributed by atoms with Crippen LogP contribution < -0.4 is 5.32 Å². The number of nitrogens with zero attached hydrogens (tertiary/aromatic N) is 1. The first kappa shape index (κ1) is 13.9. The van der Waals surface area contributed by atoms with Gasteiger partial charge in [0, 0.05) is 6.54 Å². The lowest BCUT2D eigenvalue weighted by Gasteiger charge is -2.37. The third-order valence-electron chi connectivity index (χ3n) is 4.95. The van der Waals surface area contributed by atoms with Gasteiger partial charge in [-0.15, -0.1) is 0 Å². The highest BCUT2D eigenvalue weighted by Gasteiger charge is 2.59. The fraction of sp³-hybridized carbons (Fsp3) is 0.933. The smallest absolute Gasteiger partial charge is 0.244 e. The minimum Gasteiger partial charge on any atom is -0.325 e. The molecule has 0 aromatic carbocycles. The zero-order valence-electron chi connectivity index (χ0n) is 12.7. The predicted octanol–water partition coefficient (Wildman–Crippen LogP) is 2.62. The summed E-state index contributed by atoms with van der Waals surface area (Å²) in [5.41, 5.74) is -0.00705. The summed E-state index contributed by atoms with van der Waals surface area (Å²) in [6, 6.07) is 0. The van der Waals surface area contributed by atoms with E-state index in [-0.39, 0.29) is 17.1 Å². The molecule has 1 atom stereocenters. The van der Waals surface area contributed by atoms with E-state index in [0.29, 0.717) is 17.7 Å². The summed E-state index contributed by atoms with van der Waals surface area (Å²) in [5, 5.41) is 3.58. The minimum absolute atomic E-state index is 0.172. The second-order valence-electron chi connectivity index (χ2n) is 7.49. The molecule has 1 heterocycles. The Morgan fingerprint density at radius 3 is 2.28 bits per heavy atom. The van der Waals surface area contributed by atoms with E-state index in [2.05, 4.69) is 51.8 Å². The molecule has 3 nitrogen and oxygen atoms in total. The highest BCUT2D eigenvalue weighted by Crippen LogP contribution is 2.44. The van der Waals surface area contributed by atoms with Gasteiger partial charge in [-0.25, -0.2) is 0 Å². The van der Waals surface area contributed by atoms with Crippen molar-refractivity contribution in [2.24, 2.45) is 17.3 Å². The maximum atomic E-state index is 12.6. The van der Waals surface area contributed by atoms with Crippen LogP contribution in [0.3, 0.4) is 0 Å². The normalized spacial score (nSPS) is 26.8. The van der Waals surface area contributed by atoms with Crippen molar-refractivity contribution in [3.63, 3.8) is 0 Å². The van der Waals surface area contributed by atoms with Gasteiger partial charge in [0.05, 0.1) is 11.7 Å². The van der Waals surface area contributed by atoms with E-state index >= 15 is 0 Å². The number of rotatable bonds is 4. The van der Waals surface area contributed by atoms with Crippen LogP contribution in [0.4, 0.5) is 0 Å². The first-order valence-corrected chi connectivity index (χ1v) is 7.28. The first-order chi connectivity index (χ1) is 8.19. The Hall–Kier alpha value is -0.570. The summed E-state index contributed by atoms with van der Waals surface area (Å²) in [7, 11) is 0. The third kappa shape index (κ3) is 2.18. The van der Waals surface area contributed by atoms with Gasteiger partial charge in [0.1, 0.15) is 0 Å². The fourth-order valence-corrected chi connectivity index (χ4v) is 2.63. The molecule has 18 heavy (non-hydrogen) atoms. The molecule has 1 amide bonds. The molecule has 1 saturated heterocycles. The zero-order valence-corrected chi connectivity index (χ0v) is 12.7. The van der Waals surface area contributed by atoms with Crippen molar-refractivity contribution in [3.05, 3.63) is 0 Å². The van der Waals surface area contributed by atoms with Gasteiger partial charge in [0.15, 0.2) is 0 Å². The quantitative estimate of drug-likeness (QED) is 0.834. The Morgan fingerprint density at radius 1 is 1.33 bits per heavy atom. The van der Waals surface area contributed by atoms with E-state index in [0.717, 1.165) is 19.4 Å². The monoisotopic (exact) mass is 252 g/mol. The van der Waals surface area contributed by atoms with Gasteiger partial charge in [-0.1, -0.05) is 41.5 Å². The SMILES string of the molecule is CC(C)C1NC2(CC2)C(=O)N1CC(C)(C)C(C)C. The average Bonchev–Trinajstić information content (AvgIpc) is 2.97. The van der Waals surface area contributed by atoms with Crippen molar-refractivity contribution in [2.45, 2.75) is 66.1 Å². The van der Waals surface area contributed by atoms with E-state index in [1.54, 1.807) is 0 Å². The lowest BCUT2D eigenvalue weighted by molar-refractivity contribution is -0.133. The molecule has 1 N–H and O–H groups in total. The van der Waals surface area contributed by atoms with Gasteiger partial charge >= 0.3 is 0 Å². The maximum Gasteiger partial charge on any atom is 0.244 e. The molecule has 104 valence electrons. The van der Waals surface area contributed by atoms with Gasteiger partial charge < -0.3 is 4.90 Å². The van der Waals surface area contributed by atoms with Crippen LogP contribution in [0, 0.1) is 17.3 Å². The topological polar surface area (TPSA) is 32.3 Å². The molecule has 2 aliphatic rings. The number of carbonyl (C=O) groups is 1. The van der Waals surface area contributed by atoms with Crippen LogP contribution in [-0.2, 0) is 4.79 Å². The largest absolute Gasteiger partial charge is 0.325 e. The molecule has 0 radical (unpaired) electrons. The second kappa shape index (κ2) is 4.22. The number of hydrogen-bond acceptors (Lipinski definition) is 2. The van der Waals surface area contributed by atoms with Crippen molar-refractivity contribution >= 4 is 5.91 Å². The average molecular weight is 252 g/mol. The summed E-state index contributed by atoms with van der Waals surface area (Å²) in [4.78, 5) is 14.7. The summed E-state index contributed by atoms with van der Waals surface area (Å²) >= 11 is 0. The van der Waals surface area contributed by atoms with Crippen LogP contribution in [0.5, 0.6) is 0 Å². The lowest BCUT2D eigenvalue weighted by atomic mass is 9.80. The fourth-order valence-electron chi connectivity index (χ4n) is 2.63. The Kier molecular flexibility index (Phi) is 3.25. The van der Waals surface area contributed by atoms with Gasteiger partial charge in [-0.2, -0.15) is 0 Å². The highest BCUT2D eigenvalue weighted by molar-refractivity contribution is 5.91. The standard InChI is InChI=1S/C15H28N2O/c1-10(2)12-16-15(7-8-15)13(18)17(12)9-14(5,6)11(3)4/h10-12,16H,7-9H2,1-6H3. The van der Waals surface area contributed by atoms with Crippen LogP contribution in [-0.4, -0.2) is 29.1 Å². The Labute approximate surface area is 111 Å². The Bertz CT molecular complexity index is 342. The minimum atomic E-state index is -0.179. The van der Waals surface area contributed by atoms with Gasteiger partial charge in [-0.3, -0.25) is 10.1 Å². The predicted molar refractivity (Wildman–Crippen MR) is 74.1 cm³/mol. The van der Waals surface area contributed by atoms with E-state index in [4.69, 9.17) is 0 Å². The molecule has 1 aliphatic carbocycles. The second-order valence-corrected chi connectivity index (χ2v) is 7.49. The van der Waals surface area contributed by atoms with Gasteiger partial charge in [0.2, 0.25) is 5.91 Å². The molecule has 1 unspecified atom stereocenters. The number of hydrogen-bond donors (Lipinski definition) is 1. The van der Waals surface area contributed by atoms with Crippen LogP contribution in [0.25, 0.3) is 0 Å². The Morgan fingerprint density at radius 2 is 1.89 bits per heavy atom. The van der Waals surface area contributed by atoms with E-state index in [1.807, 2.05) is 0 Å². The third-order valence-corrected chi connectivity index (χ3v) is 4.95. The summed E-state index contributed by atoms with van der Waals surface area (Å²) in [6.45, 7) is 14.3. The molecule has 1 saturated carbocycles. The van der Waals surface area contributed by atoms with E-state index < -0.39 is 0 Å². The number of carbonyl (C=O) groups excluding carboxylic acids is 1. The zero-order chi connectivity index (χ0) is 13.7. The summed E-state index contributed by atoms with van der Waals surface area (Å²) in [5.74, 6) is 1.39. The summed E-state index contributed by atoms with van der Waals surface area (Å²) < 4.78 is 0. The van der Waals surface area contributed by atoms with E-state index in [1.165, 1.54) is 0 Å². The maximum absolute atomic E-state index is 12.6.